The first-order chi connectivity index (χ1) is 10.7. The number of hydrogen-bond donors (Lipinski definition) is 1. The van der Waals surface area contributed by atoms with Gasteiger partial charge in [0.2, 0.25) is 0 Å². The fraction of sp³-hybridized carbons (Fsp3) is 0.812. The van der Waals surface area contributed by atoms with Crippen LogP contribution >= 0.6 is 0 Å². The fourth-order valence-corrected chi connectivity index (χ4v) is 3.23. The van der Waals surface area contributed by atoms with E-state index in [2.05, 4.69) is 40.1 Å². The largest absolute Gasteiger partial charge is 0.383 e. The van der Waals surface area contributed by atoms with Gasteiger partial charge in [0.1, 0.15) is 5.82 Å². The molecule has 22 heavy (non-hydrogen) atoms. The molecule has 0 unspecified atom stereocenters. The SMILES string of the molecule is CC(C)N1CCN(C2=CNCC(CN3CCOCC3)=N2)CC1. The molecule has 0 aliphatic carbocycles. The molecule has 2 fully saturated rings. The molecule has 2 saturated heterocycles. The van der Waals surface area contributed by atoms with Crippen LogP contribution in [-0.4, -0.2) is 92.0 Å². The quantitative estimate of drug-likeness (QED) is 0.803. The number of piperazine rings is 1. The van der Waals surface area contributed by atoms with Gasteiger partial charge in [0, 0.05) is 58.1 Å². The van der Waals surface area contributed by atoms with Crippen LogP contribution in [0.15, 0.2) is 17.0 Å². The predicted molar refractivity (Wildman–Crippen MR) is 89.1 cm³/mol. The number of ether oxygens (including phenoxy) is 1. The summed E-state index contributed by atoms with van der Waals surface area (Å²) in [5.74, 6) is 1.11. The maximum Gasteiger partial charge on any atom is 0.144 e. The molecule has 0 amide bonds. The van der Waals surface area contributed by atoms with Crippen molar-refractivity contribution in [3.05, 3.63) is 12.0 Å². The van der Waals surface area contributed by atoms with Crippen molar-refractivity contribution >= 4 is 5.71 Å². The van der Waals surface area contributed by atoms with Gasteiger partial charge in [0.05, 0.1) is 25.5 Å². The van der Waals surface area contributed by atoms with Crippen LogP contribution < -0.4 is 5.32 Å². The Kier molecular flexibility index (Phi) is 5.33. The summed E-state index contributed by atoms with van der Waals surface area (Å²) in [5, 5.41) is 3.40. The zero-order valence-electron chi connectivity index (χ0n) is 13.9. The van der Waals surface area contributed by atoms with E-state index in [9.17, 15) is 0 Å². The Bertz CT molecular complexity index is 420. The van der Waals surface area contributed by atoms with Crippen LogP contribution in [-0.2, 0) is 4.74 Å². The van der Waals surface area contributed by atoms with Crippen molar-refractivity contribution in [1.82, 2.24) is 20.0 Å². The Morgan fingerprint density at radius 3 is 2.55 bits per heavy atom. The van der Waals surface area contributed by atoms with E-state index >= 15 is 0 Å². The highest BCUT2D eigenvalue weighted by atomic mass is 16.5. The summed E-state index contributed by atoms with van der Waals surface area (Å²) in [6.07, 6.45) is 2.08. The Morgan fingerprint density at radius 2 is 1.86 bits per heavy atom. The van der Waals surface area contributed by atoms with Crippen molar-refractivity contribution in [2.75, 3.05) is 65.6 Å². The molecular formula is C16H29N5O. The predicted octanol–water partition coefficient (Wildman–Crippen LogP) is 0.188. The normalized spacial score (nSPS) is 25.0. The zero-order chi connectivity index (χ0) is 15.4. The maximum atomic E-state index is 5.41. The summed E-state index contributed by atoms with van der Waals surface area (Å²) in [4.78, 5) is 12.3. The minimum atomic E-state index is 0.640. The van der Waals surface area contributed by atoms with Gasteiger partial charge in [-0.25, -0.2) is 4.99 Å². The molecule has 0 aromatic carbocycles. The molecule has 0 spiro atoms. The molecule has 3 heterocycles. The van der Waals surface area contributed by atoms with E-state index in [4.69, 9.17) is 9.73 Å². The lowest BCUT2D eigenvalue weighted by Crippen LogP contribution is -2.49. The third kappa shape index (κ3) is 4.00. The Hall–Kier alpha value is -1.11. The second-order valence-electron chi connectivity index (χ2n) is 6.57. The fourth-order valence-electron chi connectivity index (χ4n) is 3.23. The molecule has 0 atom stereocenters. The molecule has 6 heteroatoms. The van der Waals surface area contributed by atoms with Gasteiger partial charge in [-0.1, -0.05) is 0 Å². The average Bonchev–Trinajstić information content (AvgIpc) is 2.56. The Morgan fingerprint density at radius 1 is 1.14 bits per heavy atom. The van der Waals surface area contributed by atoms with E-state index in [-0.39, 0.29) is 0 Å². The molecule has 3 aliphatic rings. The van der Waals surface area contributed by atoms with Crippen LogP contribution in [0, 0.1) is 0 Å². The molecule has 0 bridgehead atoms. The van der Waals surface area contributed by atoms with Gasteiger partial charge < -0.3 is 15.0 Å². The highest BCUT2D eigenvalue weighted by Gasteiger charge is 2.22. The van der Waals surface area contributed by atoms with Gasteiger partial charge >= 0.3 is 0 Å². The molecule has 124 valence electrons. The monoisotopic (exact) mass is 307 g/mol. The van der Waals surface area contributed by atoms with Gasteiger partial charge in [-0.05, 0) is 13.8 Å². The van der Waals surface area contributed by atoms with E-state index < -0.39 is 0 Å². The van der Waals surface area contributed by atoms with Crippen LogP contribution in [0.25, 0.3) is 0 Å². The number of nitrogens with zero attached hydrogens (tertiary/aromatic N) is 4. The van der Waals surface area contributed by atoms with Crippen LogP contribution in [0.2, 0.25) is 0 Å². The third-order valence-corrected chi connectivity index (χ3v) is 4.69. The van der Waals surface area contributed by atoms with Crippen molar-refractivity contribution in [3.8, 4) is 0 Å². The first-order valence-corrected chi connectivity index (χ1v) is 8.51. The van der Waals surface area contributed by atoms with E-state index in [1.807, 2.05) is 0 Å². The Labute approximate surface area is 133 Å². The molecular weight excluding hydrogens is 278 g/mol. The van der Waals surface area contributed by atoms with Crippen molar-refractivity contribution in [3.63, 3.8) is 0 Å². The molecule has 6 nitrogen and oxygen atoms in total. The summed E-state index contributed by atoms with van der Waals surface area (Å²) in [5.41, 5.74) is 1.24. The molecule has 0 aromatic rings. The second kappa shape index (κ2) is 7.44. The van der Waals surface area contributed by atoms with E-state index in [1.54, 1.807) is 0 Å². The van der Waals surface area contributed by atoms with E-state index in [1.165, 1.54) is 5.71 Å². The third-order valence-electron chi connectivity index (χ3n) is 4.69. The minimum absolute atomic E-state index is 0.640. The first kappa shape index (κ1) is 15.8. The number of aliphatic imine (C=N–C) groups is 1. The topological polar surface area (TPSA) is 43.3 Å². The van der Waals surface area contributed by atoms with Crippen LogP contribution in [0.3, 0.4) is 0 Å². The van der Waals surface area contributed by atoms with Crippen molar-refractivity contribution in [1.29, 1.82) is 0 Å². The lowest BCUT2D eigenvalue weighted by Gasteiger charge is -2.38. The average molecular weight is 307 g/mol. The minimum Gasteiger partial charge on any atom is -0.383 e. The van der Waals surface area contributed by atoms with Crippen molar-refractivity contribution < 1.29 is 4.74 Å². The van der Waals surface area contributed by atoms with Crippen molar-refractivity contribution in [2.24, 2.45) is 4.99 Å². The molecule has 0 radical (unpaired) electrons. The van der Waals surface area contributed by atoms with Crippen molar-refractivity contribution in [2.45, 2.75) is 19.9 Å². The van der Waals surface area contributed by atoms with Gasteiger partial charge in [0.25, 0.3) is 0 Å². The number of nitrogens with one attached hydrogen (secondary N) is 1. The first-order valence-electron chi connectivity index (χ1n) is 8.51. The summed E-state index contributed by atoms with van der Waals surface area (Å²) < 4.78 is 5.41. The standard InChI is InChI=1S/C16H29N5O/c1-14(2)20-3-5-21(6-4-20)16-12-17-11-15(18-16)13-19-7-9-22-10-8-19/h12,14,17H,3-11,13H2,1-2H3. The van der Waals surface area contributed by atoms with Crippen LogP contribution in [0.1, 0.15) is 13.8 Å². The highest BCUT2D eigenvalue weighted by molar-refractivity contribution is 5.89. The Balaban J connectivity index is 1.54. The molecule has 0 aromatic heterocycles. The zero-order valence-corrected chi connectivity index (χ0v) is 13.9. The van der Waals surface area contributed by atoms with Gasteiger partial charge in [-0.15, -0.1) is 0 Å². The van der Waals surface area contributed by atoms with Crippen LogP contribution in [0.5, 0.6) is 0 Å². The smallest absolute Gasteiger partial charge is 0.144 e. The summed E-state index contributed by atoms with van der Waals surface area (Å²) in [6, 6.07) is 0.640. The maximum absolute atomic E-state index is 5.41. The number of hydrogen-bond acceptors (Lipinski definition) is 6. The lowest BCUT2D eigenvalue weighted by atomic mass is 10.2. The summed E-state index contributed by atoms with van der Waals surface area (Å²) >= 11 is 0. The van der Waals surface area contributed by atoms with Gasteiger partial charge in [-0.3, -0.25) is 9.80 Å². The summed E-state index contributed by atoms with van der Waals surface area (Å²) in [6.45, 7) is 14.5. The second-order valence-corrected chi connectivity index (χ2v) is 6.57. The molecule has 0 saturated carbocycles. The lowest BCUT2D eigenvalue weighted by molar-refractivity contribution is 0.0451. The number of rotatable bonds is 4. The van der Waals surface area contributed by atoms with Gasteiger partial charge in [0.15, 0.2) is 0 Å². The molecule has 3 aliphatic heterocycles. The van der Waals surface area contributed by atoms with Gasteiger partial charge in [-0.2, -0.15) is 0 Å². The highest BCUT2D eigenvalue weighted by Crippen LogP contribution is 2.14. The molecule has 3 rings (SSSR count). The van der Waals surface area contributed by atoms with E-state index in [0.717, 1.165) is 71.4 Å². The number of morpholine rings is 1. The summed E-state index contributed by atoms with van der Waals surface area (Å²) in [7, 11) is 0. The van der Waals surface area contributed by atoms with E-state index in [0.29, 0.717) is 6.04 Å². The van der Waals surface area contributed by atoms with Crippen LogP contribution in [0.4, 0.5) is 0 Å². The molecule has 1 N–H and O–H groups in total.